The van der Waals surface area contributed by atoms with E-state index in [0.717, 1.165) is 0 Å². The Morgan fingerprint density at radius 2 is 2.11 bits per heavy atom. The molecule has 0 bridgehead atoms. The molecule has 0 saturated carbocycles. The zero-order valence-electron chi connectivity index (χ0n) is 10.4. The summed E-state index contributed by atoms with van der Waals surface area (Å²) in [6.45, 7) is 2.82. The Morgan fingerprint density at radius 3 is 2.72 bits per heavy atom. The van der Waals surface area contributed by atoms with Crippen molar-refractivity contribution in [2.75, 3.05) is 44.3 Å². The Morgan fingerprint density at radius 1 is 1.39 bits per heavy atom. The van der Waals surface area contributed by atoms with Crippen LogP contribution >= 0.6 is 0 Å². The predicted octanol–water partition coefficient (Wildman–Crippen LogP) is -2.06. The van der Waals surface area contributed by atoms with Crippen LogP contribution in [0.1, 0.15) is 6.42 Å². The summed E-state index contributed by atoms with van der Waals surface area (Å²) in [5.41, 5.74) is 10.4. The third-order valence-electron chi connectivity index (χ3n) is 2.86. The SMILES string of the molecule is NCC1CN(CCS(=O)(=O)CCC(N)=O)CCO1. The zero-order valence-corrected chi connectivity index (χ0v) is 11.2. The number of primary amides is 1. The Bertz CT molecular complexity index is 371. The van der Waals surface area contributed by atoms with Gasteiger partial charge in [-0.05, 0) is 0 Å². The van der Waals surface area contributed by atoms with Crippen LogP contribution in [0.15, 0.2) is 0 Å². The van der Waals surface area contributed by atoms with Crippen molar-refractivity contribution in [3.05, 3.63) is 0 Å². The number of ether oxygens (including phenoxy) is 1. The summed E-state index contributed by atoms with van der Waals surface area (Å²) in [6, 6.07) is 0. The Labute approximate surface area is 107 Å². The fraction of sp³-hybridized carbons (Fsp3) is 0.900. The van der Waals surface area contributed by atoms with Crippen molar-refractivity contribution >= 4 is 15.7 Å². The van der Waals surface area contributed by atoms with Gasteiger partial charge in [-0.25, -0.2) is 8.42 Å². The van der Waals surface area contributed by atoms with Gasteiger partial charge in [0.05, 0.1) is 24.2 Å². The first kappa shape index (κ1) is 15.4. The van der Waals surface area contributed by atoms with Crippen LogP contribution in [0, 0.1) is 0 Å². The van der Waals surface area contributed by atoms with Crippen molar-refractivity contribution in [2.24, 2.45) is 11.5 Å². The molecule has 1 heterocycles. The summed E-state index contributed by atoms with van der Waals surface area (Å²) < 4.78 is 28.7. The monoisotopic (exact) mass is 279 g/mol. The third kappa shape index (κ3) is 5.76. The quantitative estimate of drug-likeness (QED) is 0.553. The highest BCUT2D eigenvalue weighted by Crippen LogP contribution is 2.05. The highest BCUT2D eigenvalue weighted by Gasteiger charge is 2.21. The molecule has 0 radical (unpaired) electrons. The van der Waals surface area contributed by atoms with Gasteiger partial charge in [0.25, 0.3) is 0 Å². The molecule has 0 aliphatic carbocycles. The molecule has 1 amide bonds. The van der Waals surface area contributed by atoms with Crippen molar-refractivity contribution < 1.29 is 17.9 Å². The minimum atomic E-state index is -3.21. The van der Waals surface area contributed by atoms with Crippen LogP contribution in [0.25, 0.3) is 0 Å². The van der Waals surface area contributed by atoms with Gasteiger partial charge in [-0.1, -0.05) is 0 Å². The number of hydrogen-bond donors (Lipinski definition) is 2. The van der Waals surface area contributed by atoms with Crippen LogP contribution < -0.4 is 11.5 Å². The highest BCUT2D eigenvalue weighted by atomic mass is 32.2. The number of nitrogens with two attached hydrogens (primary N) is 2. The van der Waals surface area contributed by atoms with Crippen molar-refractivity contribution in [3.63, 3.8) is 0 Å². The molecule has 1 aliphatic heterocycles. The van der Waals surface area contributed by atoms with Gasteiger partial charge in [-0.15, -0.1) is 0 Å². The van der Waals surface area contributed by atoms with E-state index in [1.807, 2.05) is 4.90 Å². The van der Waals surface area contributed by atoms with E-state index in [0.29, 0.717) is 32.8 Å². The molecule has 0 spiro atoms. The molecule has 1 saturated heterocycles. The van der Waals surface area contributed by atoms with Gasteiger partial charge in [0.1, 0.15) is 0 Å². The maximum atomic E-state index is 11.6. The lowest BCUT2D eigenvalue weighted by Crippen LogP contribution is -2.47. The summed E-state index contributed by atoms with van der Waals surface area (Å²) >= 11 is 0. The van der Waals surface area contributed by atoms with E-state index in [9.17, 15) is 13.2 Å². The van der Waals surface area contributed by atoms with Crippen LogP contribution in [0.2, 0.25) is 0 Å². The molecule has 1 unspecified atom stereocenters. The number of carbonyl (C=O) groups is 1. The summed E-state index contributed by atoms with van der Waals surface area (Å²) in [5.74, 6) is -0.724. The molecule has 1 fully saturated rings. The number of nitrogens with zero attached hydrogens (tertiary/aromatic N) is 1. The number of carbonyl (C=O) groups excluding carboxylic acids is 1. The van der Waals surface area contributed by atoms with E-state index in [2.05, 4.69) is 0 Å². The zero-order chi connectivity index (χ0) is 13.6. The fourth-order valence-corrected chi connectivity index (χ4v) is 3.01. The van der Waals surface area contributed by atoms with Crippen molar-refractivity contribution in [2.45, 2.75) is 12.5 Å². The van der Waals surface area contributed by atoms with Gasteiger partial charge < -0.3 is 16.2 Å². The van der Waals surface area contributed by atoms with Crippen LogP contribution in [0.5, 0.6) is 0 Å². The first-order valence-electron chi connectivity index (χ1n) is 5.95. The lowest BCUT2D eigenvalue weighted by Gasteiger charge is -2.32. The van der Waals surface area contributed by atoms with Crippen LogP contribution in [0.3, 0.4) is 0 Å². The van der Waals surface area contributed by atoms with Crippen molar-refractivity contribution in [1.82, 2.24) is 4.90 Å². The second kappa shape index (κ2) is 7.03. The van der Waals surface area contributed by atoms with Gasteiger partial charge >= 0.3 is 0 Å². The van der Waals surface area contributed by atoms with Gasteiger partial charge in [0, 0.05) is 32.6 Å². The normalized spacial score (nSPS) is 21.9. The molecule has 0 aromatic rings. The van der Waals surface area contributed by atoms with Crippen LogP contribution in [-0.4, -0.2) is 69.6 Å². The maximum absolute atomic E-state index is 11.6. The number of sulfone groups is 1. The van der Waals surface area contributed by atoms with Crippen molar-refractivity contribution in [3.8, 4) is 0 Å². The minimum Gasteiger partial charge on any atom is -0.374 e. The average Bonchev–Trinajstić information content (AvgIpc) is 2.35. The molecule has 18 heavy (non-hydrogen) atoms. The molecule has 8 heteroatoms. The van der Waals surface area contributed by atoms with Gasteiger partial charge in [0.2, 0.25) is 5.91 Å². The second-order valence-electron chi connectivity index (χ2n) is 4.40. The molecule has 106 valence electrons. The molecule has 1 atom stereocenters. The Hall–Kier alpha value is -0.700. The molecule has 1 aliphatic rings. The summed E-state index contributed by atoms with van der Waals surface area (Å²) in [5, 5.41) is 0. The van der Waals surface area contributed by atoms with Gasteiger partial charge in [0.15, 0.2) is 9.84 Å². The largest absolute Gasteiger partial charge is 0.374 e. The van der Waals surface area contributed by atoms with Crippen LogP contribution in [-0.2, 0) is 19.4 Å². The molecule has 0 aromatic carbocycles. The maximum Gasteiger partial charge on any atom is 0.218 e. The van der Waals surface area contributed by atoms with Crippen LogP contribution in [0.4, 0.5) is 0 Å². The van der Waals surface area contributed by atoms with Crippen molar-refractivity contribution in [1.29, 1.82) is 0 Å². The molecule has 0 aromatic heterocycles. The number of morpholine rings is 1. The lowest BCUT2D eigenvalue weighted by molar-refractivity contribution is -0.117. The van der Waals surface area contributed by atoms with Gasteiger partial charge in [-0.3, -0.25) is 9.69 Å². The van der Waals surface area contributed by atoms with E-state index < -0.39 is 15.7 Å². The van der Waals surface area contributed by atoms with E-state index >= 15 is 0 Å². The van der Waals surface area contributed by atoms with E-state index in [1.165, 1.54) is 0 Å². The first-order chi connectivity index (χ1) is 8.43. The number of rotatable bonds is 7. The molecular weight excluding hydrogens is 258 g/mol. The standard InChI is InChI=1S/C10H21N3O4S/c11-7-9-8-13(2-4-17-9)3-6-18(15,16)5-1-10(12)14/h9H,1-8,11H2,(H2,12,14). The number of amides is 1. The highest BCUT2D eigenvalue weighted by molar-refractivity contribution is 7.91. The topological polar surface area (TPSA) is 116 Å². The second-order valence-corrected chi connectivity index (χ2v) is 6.70. The molecule has 4 N–H and O–H groups in total. The lowest BCUT2D eigenvalue weighted by atomic mass is 10.3. The summed E-state index contributed by atoms with van der Waals surface area (Å²) in [7, 11) is -3.21. The Balaban J connectivity index is 2.32. The van der Waals surface area contributed by atoms with Gasteiger partial charge in [-0.2, -0.15) is 0 Å². The summed E-state index contributed by atoms with van der Waals surface area (Å²) in [6.07, 6.45) is -0.135. The smallest absolute Gasteiger partial charge is 0.218 e. The van der Waals surface area contributed by atoms with E-state index in [4.69, 9.17) is 16.2 Å². The fourth-order valence-electron chi connectivity index (χ4n) is 1.75. The first-order valence-corrected chi connectivity index (χ1v) is 7.78. The average molecular weight is 279 g/mol. The number of hydrogen-bond acceptors (Lipinski definition) is 6. The minimum absolute atomic E-state index is 0.0212. The summed E-state index contributed by atoms with van der Waals surface area (Å²) in [4.78, 5) is 12.6. The predicted molar refractivity (Wildman–Crippen MR) is 67.7 cm³/mol. The third-order valence-corrected chi connectivity index (χ3v) is 4.49. The Kier molecular flexibility index (Phi) is 6.00. The van der Waals surface area contributed by atoms with E-state index in [1.54, 1.807) is 0 Å². The molecule has 1 rings (SSSR count). The molecule has 7 nitrogen and oxygen atoms in total. The molecular formula is C10H21N3O4S. The van der Waals surface area contributed by atoms with E-state index in [-0.39, 0.29) is 24.0 Å².